The first kappa shape index (κ1) is 20.9. The zero-order valence-corrected chi connectivity index (χ0v) is 17.6. The monoisotopic (exact) mass is 382 g/mol. The van der Waals surface area contributed by atoms with Gasteiger partial charge in [0.2, 0.25) is 0 Å². The number of thiazole rings is 1. The van der Waals surface area contributed by atoms with Crippen molar-refractivity contribution in [3.8, 4) is 0 Å². The minimum absolute atomic E-state index is 0.497. The molecule has 1 aromatic heterocycles. The molecule has 1 atom stereocenters. The molecule has 0 radical (unpaired) electrons. The Bertz CT molecular complexity index is 554. The van der Waals surface area contributed by atoms with Crippen LogP contribution in [0.25, 0.3) is 0 Å². The number of anilines is 1. The molecule has 0 aliphatic carbocycles. The van der Waals surface area contributed by atoms with Crippen molar-refractivity contribution in [2.24, 2.45) is 10.9 Å². The highest BCUT2D eigenvalue weighted by atomic mass is 32.1. The summed E-state index contributed by atoms with van der Waals surface area (Å²) >= 11 is 1.66. The van der Waals surface area contributed by atoms with Crippen molar-refractivity contribution in [2.75, 3.05) is 58.9 Å². The van der Waals surface area contributed by atoms with Crippen molar-refractivity contribution in [3.05, 3.63) is 11.1 Å². The molecule has 0 amide bonds. The summed E-state index contributed by atoms with van der Waals surface area (Å²) in [7, 11) is 5.84. The highest BCUT2D eigenvalue weighted by molar-refractivity contribution is 7.13. The maximum atomic E-state index is 5.50. The standard InChI is InChI=1S/C18H34N6OS/c1-14(2)10-16(24-6-8-25-9-7-24)12-21-17(19-3)20-11-15-13-26-18(22-15)23(4)5/h13-14,16H,6-12H2,1-5H3,(H2,19,20,21). The number of guanidine groups is 1. The van der Waals surface area contributed by atoms with Crippen LogP contribution in [-0.2, 0) is 11.3 Å². The predicted molar refractivity (Wildman–Crippen MR) is 110 cm³/mol. The second kappa shape index (κ2) is 10.7. The van der Waals surface area contributed by atoms with E-state index >= 15 is 0 Å². The number of hydrogen-bond donors (Lipinski definition) is 2. The molecule has 148 valence electrons. The van der Waals surface area contributed by atoms with Crippen LogP contribution < -0.4 is 15.5 Å². The Kier molecular flexibility index (Phi) is 8.61. The summed E-state index contributed by atoms with van der Waals surface area (Å²) < 4.78 is 5.50. The molecule has 2 N–H and O–H groups in total. The number of aliphatic imine (C=N–C) groups is 1. The SMILES string of the molecule is CN=C(NCc1csc(N(C)C)n1)NCC(CC(C)C)N1CCOCC1. The van der Waals surface area contributed by atoms with E-state index in [0.29, 0.717) is 18.5 Å². The Balaban J connectivity index is 1.84. The molecule has 2 rings (SSSR count). The van der Waals surface area contributed by atoms with Crippen LogP contribution >= 0.6 is 11.3 Å². The summed E-state index contributed by atoms with van der Waals surface area (Å²) in [4.78, 5) is 13.5. The van der Waals surface area contributed by atoms with Crippen LogP contribution in [-0.4, -0.2) is 75.9 Å². The number of nitrogens with one attached hydrogen (secondary N) is 2. The summed E-state index contributed by atoms with van der Waals surface area (Å²) in [5, 5.41) is 9.97. The Labute approximate surface area is 161 Å². The highest BCUT2D eigenvalue weighted by Gasteiger charge is 2.22. The smallest absolute Gasteiger partial charge is 0.191 e. The number of rotatable bonds is 8. The maximum absolute atomic E-state index is 5.50. The largest absolute Gasteiger partial charge is 0.379 e. The summed E-state index contributed by atoms with van der Waals surface area (Å²) in [5.74, 6) is 1.49. The third-order valence-electron chi connectivity index (χ3n) is 4.39. The van der Waals surface area contributed by atoms with Crippen LogP contribution in [0.1, 0.15) is 26.0 Å². The van der Waals surface area contributed by atoms with Gasteiger partial charge in [-0.05, 0) is 12.3 Å². The van der Waals surface area contributed by atoms with Gasteiger partial charge < -0.3 is 20.3 Å². The molecular weight excluding hydrogens is 348 g/mol. The van der Waals surface area contributed by atoms with Crippen molar-refractivity contribution in [3.63, 3.8) is 0 Å². The van der Waals surface area contributed by atoms with Crippen LogP contribution in [0.3, 0.4) is 0 Å². The second-order valence-corrected chi connectivity index (χ2v) is 8.09. The summed E-state index contributed by atoms with van der Waals surface area (Å²) in [5.41, 5.74) is 1.04. The topological polar surface area (TPSA) is 65.0 Å². The molecule has 0 saturated carbocycles. The molecule has 1 aliphatic rings. The fraction of sp³-hybridized carbons (Fsp3) is 0.778. The van der Waals surface area contributed by atoms with E-state index in [0.717, 1.165) is 49.6 Å². The minimum Gasteiger partial charge on any atom is -0.379 e. The van der Waals surface area contributed by atoms with Gasteiger partial charge in [-0.15, -0.1) is 11.3 Å². The zero-order valence-electron chi connectivity index (χ0n) is 16.8. The van der Waals surface area contributed by atoms with E-state index in [4.69, 9.17) is 4.74 Å². The molecule has 1 fully saturated rings. The Hall–Kier alpha value is -1.38. The average Bonchev–Trinajstić information content (AvgIpc) is 3.10. The summed E-state index contributed by atoms with van der Waals surface area (Å²) in [6.45, 7) is 9.82. The van der Waals surface area contributed by atoms with E-state index in [-0.39, 0.29) is 0 Å². The quantitative estimate of drug-likeness (QED) is 0.526. The number of aromatic nitrogens is 1. The van der Waals surface area contributed by atoms with Gasteiger partial charge in [-0.2, -0.15) is 0 Å². The van der Waals surface area contributed by atoms with Crippen LogP contribution in [0.15, 0.2) is 10.4 Å². The lowest BCUT2D eigenvalue weighted by molar-refractivity contribution is 0.0132. The van der Waals surface area contributed by atoms with E-state index in [2.05, 4.69) is 44.7 Å². The van der Waals surface area contributed by atoms with Gasteiger partial charge in [-0.25, -0.2) is 4.98 Å². The van der Waals surface area contributed by atoms with E-state index in [1.165, 1.54) is 6.42 Å². The summed E-state index contributed by atoms with van der Waals surface area (Å²) in [6.07, 6.45) is 1.17. The van der Waals surface area contributed by atoms with Gasteiger partial charge in [0, 0.05) is 52.2 Å². The lowest BCUT2D eigenvalue weighted by atomic mass is 10.0. The molecule has 1 aromatic rings. The molecule has 0 spiro atoms. The third kappa shape index (κ3) is 6.74. The number of morpholine rings is 1. The van der Waals surface area contributed by atoms with Gasteiger partial charge in [0.25, 0.3) is 0 Å². The first-order valence-electron chi connectivity index (χ1n) is 9.37. The first-order valence-corrected chi connectivity index (χ1v) is 10.3. The fourth-order valence-corrected chi connectivity index (χ4v) is 3.80. The molecule has 26 heavy (non-hydrogen) atoms. The van der Waals surface area contributed by atoms with E-state index < -0.39 is 0 Å². The summed E-state index contributed by atoms with van der Waals surface area (Å²) in [6, 6.07) is 0.497. The maximum Gasteiger partial charge on any atom is 0.191 e. The lowest BCUT2D eigenvalue weighted by Crippen LogP contribution is -2.51. The molecule has 0 bridgehead atoms. The van der Waals surface area contributed by atoms with Gasteiger partial charge in [0.05, 0.1) is 25.5 Å². The first-order chi connectivity index (χ1) is 12.5. The lowest BCUT2D eigenvalue weighted by Gasteiger charge is -2.35. The van der Waals surface area contributed by atoms with Crippen molar-refractivity contribution in [1.29, 1.82) is 0 Å². The van der Waals surface area contributed by atoms with Crippen LogP contribution in [0.5, 0.6) is 0 Å². The van der Waals surface area contributed by atoms with Crippen LogP contribution in [0, 0.1) is 5.92 Å². The van der Waals surface area contributed by atoms with Gasteiger partial charge in [0.15, 0.2) is 11.1 Å². The number of ether oxygens (including phenoxy) is 1. The van der Waals surface area contributed by atoms with E-state index in [1.54, 1.807) is 11.3 Å². The van der Waals surface area contributed by atoms with Gasteiger partial charge in [-0.3, -0.25) is 9.89 Å². The Morgan fingerprint density at radius 2 is 2.08 bits per heavy atom. The predicted octanol–water partition coefficient (Wildman–Crippen LogP) is 1.62. The fourth-order valence-electron chi connectivity index (χ4n) is 3.04. The third-order valence-corrected chi connectivity index (χ3v) is 5.45. The Morgan fingerprint density at radius 1 is 1.35 bits per heavy atom. The van der Waals surface area contributed by atoms with Crippen LogP contribution in [0.2, 0.25) is 0 Å². The van der Waals surface area contributed by atoms with Gasteiger partial charge >= 0.3 is 0 Å². The molecule has 1 aliphatic heterocycles. The van der Waals surface area contributed by atoms with E-state index in [9.17, 15) is 0 Å². The molecule has 0 aromatic carbocycles. The number of hydrogen-bond acceptors (Lipinski definition) is 6. The molecule has 1 saturated heterocycles. The minimum atomic E-state index is 0.497. The van der Waals surface area contributed by atoms with Crippen molar-refractivity contribution in [2.45, 2.75) is 32.9 Å². The van der Waals surface area contributed by atoms with Crippen LogP contribution in [0.4, 0.5) is 5.13 Å². The zero-order chi connectivity index (χ0) is 18.9. The van der Waals surface area contributed by atoms with Crippen molar-refractivity contribution < 1.29 is 4.74 Å². The molecule has 8 heteroatoms. The molecule has 2 heterocycles. The normalized spacial score (nSPS) is 17.4. The van der Waals surface area contributed by atoms with Crippen molar-refractivity contribution in [1.82, 2.24) is 20.5 Å². The van der Waals surface area contributed by atoms with Crippen molar-refractivity contribution >= 4 is 22.4 Å². The molecule has 1 unspecified atom stereocenters. The highest BCUT2D eigenvalue weighted by Crippen LogP contribution is 2.17. The van der Waals surface area contributed by atoms with Gasteiger partial charge in [-0.1, -0.05) is 13.8 Å². The average molecular weight is 383 g/mol. The molecule has 7 nitrogen and oxygen atoms in total. The van der Waals surface area contributed by atoms with Gasteiger partial charge in [0.1, 0.15) is 0 Å². The second-order valence-electron chi connectivity index (χ2n) is 7.25. The molecular formula is C18H34N6OS. The number of nitrogens with zero attached hydrogens (tertiary/aromatic N) is 4. The van der Waals surface area contributed by atoms with E-state index in [1.807, 2.05) is 26.0 Å². The Morgan fingerprint density at radius 3 is 2.65 bits per heavy atom.